The van der Waals surface area contributed by atoms with Gasteiger partial charge in [-0.25, -0.2) is 9.78 Å². The molecule has 3 aromatic rings. The van der Waals surface area contributed by atoms with Gasteiger partial charge in [0.1, 0.15) is 0 Å². The lowest BCUT2D eigenvalue weighted by atomic mass is 9.94. The van der Waals surface area contributed by atoms with Gasteiger partial charge in [-0.05, 0) is 36.5 Å². The van der Waals surface area contributed by atoms with E-state index < -0.39 is 5.97 Å². The van der Waals surface area contributed by atoms with Crippen LogP contribution in [0.4, 0.5) is 0 Å². The van der Waals surface area contributed by atoms with E-state index in [9.17, 15) is 9.90 Å². The number of nitrogens with zero attached hydrogens (tertiary/aromatic N) is 1. The number of hydrogen-bond donors (Lipinski definition) is 1. The summed E-state index contributed by atoms with van der Waals surface area (Å²) in [7, 11) is 0. The highest BCUT2D eigenvalue weighted by molar-refractivity contribution is 6.05. The molecule has 0 bridgehead atoms. The van der Waals surface area contributed by atoms with Crippen LogP contribution in [0.2, 0.25) is 0 Å². The van der Waals surface area contributed by atoms with Crippen LogP contribution >= 0.6 is 0 Å². The molecule has 0 aliphatic rings. The summed E-state index contributed by atoms with van der Waals surface area (Å²) in [5.74, 6) is -0.400. The van der Waals surface area contributed by atoms with Crippen LogP contribution in [-0.2, 0) is 0 Å². The van der Waals surface area contributed by atoms with Crippen molar-refractivity contribution in [2.45, 2.75) is 33.1 Å². The van der Waals surface area contributed by atoms with E-state index in [4.69, 9.17) is 4.98 Å². The maximum Gasteiger partial charge on any atom is 0.336 e. The first kappa shape index (κ1) is 16.2. The third-order valence-corrected chi connectivity index (χ3v) is 4.72. The fourth-order valence-electron chi connectivity index (χ4n) is 3.07. The molecule has 1 N–H and O–H groups in total. The second kappa shape index (κ2) is 6.44. The van der Waals surface area contributed by atoms with Gasteiger partial charge < -0.3 is 5.11 Å². The third kappa shape index (κ3) is 2.78. The molecule has 3 heteroatoms. The van der Waals surface area contributed by atoms with Gasteiger partial charge in [0.15, 0.2) is 0 Å². The van der Waals surface area contributed by atoms with E-state index in [0.29, 0.717) is 27.9 Å². The van der Waals surface area contributed by atoms with Gasteiger partial charge in [-0.1, -0.05) is 56.3 Å². The van der Waals surface area contributed by atoms with Gasteiger partial charge in [0.25, 0.3) is 0 Å². The SMILES string of the molecule is CC[C@@H](C)c1ccc(-c2nc3ccccc3c(C(=O)O)c2C)cc1. The number of pyridine rings is 1. The number of para-hydroxylation sites is 1. The van der Waals surface area contributed by atoms with E-state index in [1.807, 2.05) is 43.3 Å². The van der Waals surface area contributed by atoms with Gasteiger partial charge in [-0.3, -0.25) is 0 Å². The van der Waals surface area contributed by atoms with Crippen molar-refractivity contribution in [1.29, 1.82) is 0 Å². The first-order chi connectivity index (χ1) is 11.5. The number of aromatic nitrogens is 1. The van der Waals surface area contributed by atoms with E-state index in [-0.39, 0.29) is 0 Å². The highest BCUT2D eigenvalue weighted by Crippen LogP contribution is 2.30. The average molecular weight is 319 g/mol. The highest BCUT2D eigenvalue weighted by atomic mass is 16.4. The zero-order valence-electron chi connectivity index (χ0n) is 14.2. The molecule has 1 aromatic heterocycles. The Morgan fingerprint density at radius 3 is 2.42 bits per heavy atom. The Morgan fingerprint density at radius 1 is 1.12 bits per heavy atom. The molecule has 1 heterocycles. The van der Waals surface area contributed by atoms with Gasteiger partial charge in [-0.15, -0.1) is 0 Å². The molecule has 1 atom stereocenters. The molecule has 3 nitrogen and oxygen atoms in total. The summed E-state index contributed by atoms with van der Waals surface area (Å²) in [6, 6.07) is 15.7. The van der Waals surface area contributed by atoms with Gasteiger partial charge in [0.05, 0.1) is 16.8 Å². The number of hydrogen-bond acceptors (Lipinski definition) is 2. The maximum absolute atomic E-state index is 11.8. The lowest BCUT2D eigenvalue weighted by molar-refractivity contribution is 0.0698. The summed E-state index contributed by atoms with van der Waals surface area (Å²) in [6.07, 6.45) is 1.09. The molecule has 122 valence electrons. The van der Waals surface area contributed by atoms with Crippen LogP contribution < -0.4 is 0 Å². The summed E-state index contributed by atoms with van der Waals surface area (Å²) in [5, 5.41) is 10.3. The topological polar surface area (TPSA) is 50.2 Å². The molecule has 0 fully saturated rings. The Morgan fingerprint density at radius 2 is 1.79 bits per heavy atom. The normalized spacial score (nSPS) is 12.3. The monoisotopic (exact) mass is 319 g/mol. The predicted molar refractivity (Wildman–Crippen MR) is 97.6 cm³/mol. The molecule has 0 aliphatic heterocycles. The fraction of sp³-hybridized carbons (Fsp3) is 0.238. The number of carbonyl (C=O) groups is 1. The molecule has 3 rings (SSSR count). The minimum absolute atomic E-state index is 0.335. The number of benzene rings is 2. The Kier molecular flexibility index (Phi) is 4.34. The molecule has 0 spiro atoms. The first-order valence-corrected chi connectivity index (χ1v) is 8.26. The maximum atomic E-state index is 11.8. The molecular formula is C21H21NO2. The van der Waals surface area contributed by atoms with Gasteiger partial charge in [0, 0.05) is 10.9 Å². The summed E-state index contributed by atoms with van der Waals surface area (Å²) in [4.78, 5) is 16.5. The molecule has 0 radical (unpaired) electrons. The van der Waals surface area contributed by atoms with Crippen LogP contribution in [0.1, 0.15) is 47.7 Å². The molecule has 0 saturated heterocycles. The number of aromatic carboxylic acids is 1. The van der Waals surface area contributed by atoms with Crippen molar-refractivity contribution in [2.75, 3.05) is 0 Å². The Bertz CT molecular complexity index is 898. The molecular weight excluding hydrogens is 298 g/mol. The lowest BCUT2D eigenvalue weighted by Gasteiger charge is -2.13. The van der Waals surface area contributed by atoms with E-state index in [2.05, 4.69) is 26.0 Å². The number of carboxylic acid groups (broad SMARTS) is 1. The lowest BCUT2D eigenvalue weighted by Crippen LogP contribution is -2.05. The van der Waals surface area contributed by atoms with Crippen LogP contribution in [-0.4, -0.2) is 16.1 Å². The number of fused-ring (bicyclic) bond motifs is 1. The number of carboxylic acids is 1. The average Bonchev–Trinajstić information content (AvgIpc) is 2.60. The molecule has 0 amide bonds. The second-order valence-corrected chi connectivity index (χ2v) is 6.21. The van der Waals surface area contributed by atoms with E-state index >= 15 is 0 Å². The van der Waals surface area contributed by atoms with Crippen molar-refractivity contribution in [3.05, 3.63) is 65.2 Å². The van der Waals surface area contributed by atoms with Gasteiger partial charge in [0.2, 0.25) is 0 Å². The fourth-order valence-corrected chi connectivity index (χ4v) is 3.07. The smallest absolute Gasteiger partial charge is 0.336 e. The molecule has 24 heavy (non-hydrogen) atoms. The minimum Gasteiger partial charge on any atom is -0.478 e. The third-order valence-electron chi connectivity index (χ3n) is 4.72. The highest BCUT2D eigenvalue weighted by Gasteiger charge is 2.18. The van der Waals surface area contributed by atoms with Crippen molar-refractivity contribution in [2.24, 2.45) is 0 Å². The standard InChI is InChI=1S/C21H21NO2/c1-4-13(2)15-9-11-16(12-10-15)20-14(3)19(21(23)24)17-7-5-6-8-18(17)22-20/h5-13H,4H2,1-3H3,(H,23,24)/t13-/m1/s1. The van der Waals surface area contributed by atoms with Gasteiger partial charge in [-0.2, -0.15) is 0 Å². The molecule has 2 aromatic carbocycles. The predicted octanol–water partition coefficient (Wildman–Crippen LogP) is 5.42. The van der Waals surface area contributed by atoms with E-state index in [0.717, 1.165) is 17.7 Å². The van der Waals surface area contributed by atoms with Crippen molar-refractivity contribution < 1.29 is 9.90 Å². The largest absolute Gasteiger partial charge is 0.478 e. The second-order valence-electron chi connectivity index (χ2n) is 6.21. The van der Waals surface area contributed by atoms with Crippen LogP contribution in [0.15, 0.2) is 48.5 Å². The number of rotatable bonds is 4. The van der Waals surface area contributed by atoms with Crippen LogP contribution in [0, 0.1) is 6.92 Å². The minimum atomic E-state index is -0.913. The summed E-state index contributed by atoms with van der Waals surface area (Å²) >= 11 is 0. The van der Waals surface area contributed by atoms with Crippen LogP contribution in [0.5, 0.6) is 0 Å². The van der Waals surface area contributed by atoms with Crippen LogP contribution in [0.3, 0.4) is 0 Å². The Labute approximate surface area is 142 Å². The molecule has 0 aliphatic carbocycles. The first-order valence-electron chi connectivity index (χ1n) is 8.26. The van der Waals surface area contributed by atoms with Crippen LogP contribution in [0.25, 0.3) is 22.2 Å². The Hall–Kier alpha value is -2.68. The summed E-state index contributed by atoms with van der Waals surface area (Å²) in [6.45, 7) is 6.21. The van der Waals surface area contributed by atoms with Crippen molar-refractivity contribution in [1.82, 2.24) is 4.98 Å². The van der Waals surface area contributed by atoms with Gasteiger partial charge >= 0.3 is 5.97 Å². The van der Waals surface area contributed by atoms with E-state index in [1.54, 1.807) is 0 Å². The summed E-state index contributed by atoms with van der Waals surface area (Å²) < 4.78 is 0. The molecule has 0 unspecified atom stereocenters. The van der Waals surface area contributed by atoms with Crippen molar-refractivity contribution in [3.63, 3.8) is 0 Å². The summed E-state index contributed by atoms with van der Waals surface area (Å²) in [5.41, 5.74) is 4.73. The Balaban J connectivity index is 2.19. The zero-order valence-corrected chi connectivity index (χ0v) is 14.2. The van der Waals surface area contributed by atoms with Crippen molar-refractivity contribution in [3.8, 4) is 11.3 Å². The van der Waals surface area contributed by atoms with E-state index in [1.165, 1.54) is 5.56 Å². The van der Waals surface area contributed by atoms with Crippen molar-refractivity contribution >= 4 is 16.9 Å². The quantitative estimate of drug-likeness (QED) is 0.698. The molecule has 0 saturated carbocycles. The zero-order chi connectivity index (χ0) is 17.3.